The van der Waals surface area contributed by atoms with Gasteiger partial charge in [0.25, 0.3) is 5.91 Å². The topological polar surface area (TPSA) is 29.1 Å². The van der Waals surface area contributed by atoms with Crippen LogP contribution in [0.15, 0.2) is 15.9 Å². The van der Waals surface area contributed by atoms with Gasteiger partial charge in [-0.3, -0.25) is 4.79 Å². The average Bonchev–Trinajstić information content (AvgIpc) is 2.64. The molecule has 1 rings (SSSR count). The zero-order chi connectivity index (χ0) is 12.1. The first-order valence-electron chi connectivity index (χ1n) is 5.16. The first kappa shape index (κ1) is 14.2. The number of carbonyl (C=O) groups is 1. The lowest BCUT2D eigenvalue weighted by molar-refractivity contribution is 0.0929. The van der Waals surface area contributed by atoms with E-state index in [1.165, 1.54) is 11.3 Å². The van der Waals surface area contributed by atoms with Crippen LogP contribution >= 0.6 is 43.2 Å². The predicted octanol–water partition coefficient (Wildman–Crippen LogP) is 4.05. The molecule has 0 saturated heterocycles. The molecule has 0 radical (unpaired) electrons. The number of halogens is 2. The van der Waals surface area contributed by atoms with Gasteiger partial charge in [0.2, 0.25) is 0 Å². The Labute approximate surface area is 117 Å². The highest BCUT2D eigenvalue weighted by molar-refractivity contribution is 9.11. The summed E-state index contributed by atoms with van der Waals surface area (Å²) < 4.78 is 0.985. The highest BCUT2D eigenvalue weighted by atomic mass is 79.9. The largest absolute Gasteiger partial charge is 0.348 e. The van der Waals surface area contributed by atoms with Gasteiger partial charge in [0.1, 0.15) is 0 Å². The molecule has 0 aliphatic heterocycles. The van der Waals surface area contributed by atoms with E-state index in [2.05, 4.69) is 51.0 Å². The average molecular weight is 369 g/mol. The van der Waals surface area contributed by atoms with E-state index in [1.807, 2.05) is 12.1 Å². The third-order valence-electron chi connectivity index (χ3n) is 2.34. The number of rotatable bonds is 5. The molecule has 5 heteroatoms. The highest BCUT2D eigenvalue weighted by Gasteiger charge is 2.17. The molecule has 1 unspecified atom stereocenters. The maximum absolute atomic E-state index is 11.9. The van der Waals surface area contributed by atoms with Gasteiger partial charge in [-0.15, -0.1) is 11.3 Å². The summed E-state index contributed by atoms with van der Waals surface area (Å²) >= 11 is 8.23. The summed E-state index contributed by atoms with van der Waals surface area (Å²) in [6, 6.07) is 3.97. The number of thiophene rings is 1. The van der Waals surface area contributed by atoms with E-state index in [0.717, 1.165) is 20.4 Å². The van der Waals surface area contributed by atoms with Crippen molar-refractivity contribution < 1.29 is 4.79 Å². The summed E-state index contributed by atoms with van der Waals surface area (Å²) in [6.07, 6.45) is 0.954. The van der Waals surface area contributed by atoms with Crippen molar-refractivity contribution in [2.75, 3.05) is 5.33 Å². The number of nitrogens with one attached hydrogen (secondary N) is 1. The van der Waals surface area contributed by atoms with Gasteiger partial charge in [-0.25, -0.2) is 0 Å². The normalized spacial score (nSPS) is 12.8. The van der Waals surface area contributed by atoms with Crippen molar-refractivity contribution in [3.63, 3.8) is 0 Å². The summed E-state index contributed by atoms with van der Waals surface area (Å²) in [5.74, 6) is 0.472. The monoisotopic (exact) mass is 367 g/mol. The maximum Gasteiger partial charge on any atom is 0.261 e. The molecule has 0 aliphatic carbocycles. The van der Waals surface area contributed by atoms with E-state index >= 15 is 0 Å². The zero-order valence-electron chi connectivity index (χ0n) is 9.30. The zero-order valence-corrected chi connectivity index (χ0v) is 13.3. The summed E-state index contributed by atoms with van der Waals surface area (Å²) in [4.78, 5) is 12.7. The van der Waals surface area contributed by atoms with Gasteiger partial charge in [0.05, 0.1) is 8.66 Å². The second-order valence-electron chi connectivity index (χ2n) is 3.91. The molecule has 1 N–H and O–H groups in total. The standard InChI is InChI=1S/C11H15Br2NOS/c1-7(2)8(5-6-12)14-11(15)9-3-4-10(13)16-9/h3-4,7-8H,5-6H2,1-2H3,(H,14,15). The van der Waals surface area contributed by atoms with Gasteiger partial charge < -0.3 is 5.32 Å². The van der Waals surface area contributed by atoms with Crippen molar-refractivity contribution in [3.8, 4) is 0 Å². The minimum absolute atomic E-state index is 0.0235. The minimum atomic E-state index is 0.0235. The van der Waals surface area contributed by atoms with Crippen molar-refractivity contribution in [1.29, 1.82) is 0 Å². The van der Waals surface area contributed by atoms with Gasteiger partial charge >= 0.3 is 0 Å². The molecule has 1 aromatic rings. The fourth-order valence-corrected chi connectivity index (χ4v) is 3.15. The van der Waals surface area contributed by atoms with Crippen LogP contribution in [0.5, 0.6) is 0 Å². The van der Waals surface area contributed by atoms with Crippen LogP contribution in [-0.2, 0) is 0 Å². The summed E-state index contributed by atoms with van der Waals surface area (Å²) in [6.45, 7) is 4.25. The van der Waals surface area contributed by atoms with Crippen LogP contribution in [0.2, 0.25) is 0 Å². The number of hydrogen-bond acceptors (Lipinski definition) is 2. The third-order valence-corrected chi connectivity index (χ3v) is 4.42. The lowest BCUT2D eigenvalue weighted by atomic mass is 10.0. The Morgan fingerprint density at radius 3 is 2.62 bits per heavy atom. The molecular weight excluding hydrogens is 354 g/mol. The Morgan fingerprint density at radius 2 is 2.19 bits per heavy atom. The molecule has 1 aromatic heterocycles. The van der Waals surface area contributed by atoms with Gasteiger partial charge in [-0.1, -0.05) is 29.8 Å². The van der Waals surface area contributed by atoms with Crippen LogP contribution in [0.1, 0.15) is 29.9 Å². The second-order valence-corrected chi connectivity index (χ2v) is 7.16. The van der Waals surface area contributed by atoms with E-state index in [0.29, 0.717) is 5.92 Å². The molecule has 90 valence electrons. The van der Waals surface area contributed by atoms with Gasteiger partial charge in [0.15, 0.2) is 0 Å². The van der Waals surface area contributed by atoms with E-state index in [9.17, 15) is 4.79 Å². The predicted molar refractivity (Wildman–Crippen MR) is 76.5 cm³/mol. The fourth-order valence-electron chi connectivity index (χ4n) is 1.37. The first-order chi connectivity index (χ1) is 7.54. The quantitative estimate of drug-likeness (QED) is 0.780. The Bertz CT molecular complexity index is 352. The molecular formula is C11H15Br2NOS. The molecule has 1 heterocycles. The summed E-state index contributed by atoms with van der Waals surface area (Å²) in [7, 11) is 0. The van der Waals surface area contributed by atoms with Crippen molar-refractivity contribution in [3.05, 3.63) is 20.8 Å². The molecule has 1 amide bonds. The maximum atomic E-state index is 11.9. The van der Waals surface area contributed by atoms with Crippen LogP contribution < -0.4 is 5.32 Å². The molecule has 0 aromatic carbocycles. The van der Waals surface area contributed by atoms with Crippen molar-refractivity contribution in [2.24, 2.45) is 5.92 Å². The van der Waals surface area contributed by atoms with Crippen LogP contribution in [0.25, 0.3) is 0 Å². The fraction of sp³-hybridized carbons (Fsp3) is 0.545. The van der Waals surface area contributed by atoms with Crippen LogP contribution in [0.3, 0.4) is 0 Å². The number of carbonyl (C=O) groups excluding carboxylic acids is 1. The van der Waals surface area contributed by atoms with Gasteiger partial charge in [-0.05, 0) is 40.4 Å². The number of alkyl halides is 1. The molecule has 0 saturated carbocycles. The van der Waals surface area contributed by atoms with Gasteiger partial charge in [-0.2, -0.15) is 0 Å². The molecule has 0 fully saturated rings. The molecule has 0 spiro atoms. The SMILES string of the molecule is CC(C)C(CCBr)NC(=O)c1ccc(Br)s1. The van der Waals surface area contributed by atoms with Crippen LogP contribution in [0, 0.1) is 5.92 Å². The Hall–Kier alpha value is 0.130. The highest BCUT2D eigenvalue weighted by Crippen LogP contribution is 2.22. The molecule has 16 heavy (non-hydrogen) atoms. The van der Waals surface area contributed by atoms with Crippen LogP contribution in [0.4, 0.5) is 0 Å². The van der Waals surface area contributed by atoms with Crippen LogP contribution in [-0.4, -0.2) is 17.3 Å². The molecule has 0 bridgehead atoms. The molecule has 0 aliphatic rings. The summed E-state index contributed by atoms with van der Waals surface area (Å²) in [5, 5.41) is 3.97. The Kier molecular flexibility index (Phi) is 6.00. The number of amides is 1. The van der Waals surface area contributed by atoms with E-state index in [4.69, 9.17) is 0 Å². The Balaban J connectivity index is 2.61. The van der Waals surface area contributed by atoms with Gasteiger partial charge in [0, 0.05) is 11.4 Å². The molecule has 2 nitrogen and oxygen atoms in total. The lowest BCUT2D eigenvalue weighted by Gasteiger charge is -2.21. The first-order valence-corrected chi connectivity index (χ1v) is 7.90. The van der Waals surface area contributed by atoms with E-state index < -0.39 is 0 Å². The third kappa shape index (κ3) is 4.18. The molecule has 1 atom stereocenters. The lowest BCUT2D eigenvalue weighted by Crippen LogP contribution is -2.38. The van der Waals surface area contributed by atoms with Crippen molar-refractivity contribution in [1.82, 2.24) is 5.32 Å². The van der Waals surface area contributed by atoms with E-state index in [-0.39, 0.29) is 11.9 Å². The number of hydrogen-bond donors (Lipinski definition) is 1. The smallest absolute Gasteiger partial charge is 0.261 e. The van der Waals surface area contributed by atoms with Crippen molar-refractivity contribution in [2.45, 2.75) is 26.3 Å². The van der Waals surface area contributed by atoms with E-state index in [1.54, 1.807) is 0 Å². The van der Waals surface area contributed by atoms with Crippen molar-refractivity contribution >= 4 is 49.1 Å². The minimum Gasteiger partial charge on any atom is -0.348 e. The Morgan fingerprint density at radius 1 is 1.50 bits per heavy atom. The summed E-state index contributed by atoms with van der Waals surface area (Å²) in [5.41, 5.74) is 0. The second kappa shape index (κ2) is 6.77.